The van der Waals surface area contributed by atoms with Gasteiger partial charge in [0.25, 0.3) is 0 Å². The first-order valence-electron chi connectivity index (χ1n) is 9.70. The van der Waals surface area contributed by atoms with Gasteiger partial charge >= 0.3 is 6.03 Å². The summed E-state index contributed by atoms with van der Waals surface area (Å²) in [6.45, 7) is 5.28. The summed E-state index contributed by atoms with van der Waals surface area (Å²) >= 11 is 0. The lowest BCUT2D eigenvalue weighted by Gasteiger charge is -2.25. The average molecular weight is 375 g/mol. The molecular weight excluding hydrogens is 350 g/mol. The number of aromatic amines is 1. The number of benzene rings is 1. The van der Waals surface area contributed by atoms with Gasteiger partial charge in [-0.1, -0.05) is 24.3 Å². The molecule has 2 amide bonds. The van der Waals surface area contributed by atoms with Crippen molar-refractivity contribution in [3.63, 3.8) is 0 Å². The summed E-state index contributed by atoms with van der Waals surface area (Å²) in [5.41, 5.74) is 6.22. The molecule has 0 aliphatic carbocycles. The van der Waals surface area contributed by atoms with Crippen molar-refractivity contribution in [2.24, 2.45) is 0 Å². The van der Waals surface area contributed by atoms with Crippen LogP contribution in [0.2, 0.25) is 0 Å². The van der Waals surface area contributed by atoms with Crippen LogP contribution < -0.4 is 5.32 Å². The minimum Gasteiger partial charge on any atom is -0.334 e. The first-order chi connectivity index (χ1) is 13.6. The summed E-state index contributed by atoms with van der Waals surface area (Å²) in [6, 6.07) is 14.1. The zero-order chi connectivity index (χ0) is 19.5. The molecule has 2 aromatic heterocycles. The monoisotopic (exact) mass is 375 g/mol. The highest BCUT2D eigenvalue weighted by molar-refractivity contribution is 5.75. The van der Waals surface area contributed by atoms with Crippen LogP contribution in [0.1, 0.15) is 41.4 Å². The number of hydrogen-bond donors (Lipinski definition) is 2. The molecular formula is C22H25N5O. The summed E-state index contributed by atoms with van der Waals surface area (Å²) in [6.07, 6.45) is 3.78. The lowest BCUT2D eigenvalue weighted by atomic mass is 10.0. The number of H-pyrrole nitrogens is 1. The van der Waals surface area contributed by atoms with E-state index in [-0.39, 0.29) is 12.1 Å². The summed E-state index contributed by atoms with van der Waals surface area (Å²) in [5, 5.41) is 10.4. The number of hydrogen-bond acceptors (Lipinski definition) is 3. The fourth-order valence-electron chi connectivity index (χ4n) is 4.01. The third kappa shape index (κ3) is 3.63. The van der Waals surface area contributed by atoms with Gasteiger partial charge in [0, 0.05) is 36.1 Å². The Morgan fingerprint density at radius 2 is 2.14 bits per heavy atom. The molecule has 0 spiro atoms. The van der Waals surface area contributed by atoms with Gasteiger partial charge in [0.05, 0.1) is 17.4 Å². The molecule has 6 nitrogen and oxygen atoms in total. The van der Waals surface area contributed by atoms with Gasteiger partial charge in [0.1, 0.15) is 0 Å². The molecule has 1 saturated heterocycles. The number of urea groups is 1. The molecule has 1 fully saturated rings. The molecule has 3 heterocycles. The Balaban J connectivity index is 1.44. The largest absolute Gasteiger partial charge is 0.334 e. The van der Waals surface area contributed by atoms with Gasteiger partial charge in [-0.25, -0.2) is 4.79 Å². The van der Waals surface area contributed by atoms with Gasteiger partial charge in [-0.2, -0.15) is 5.10 Å². The maximum absolute atomic E-state index is 12.9. The van der Waals surface area contributed by atoms with Gasteiger partial charge in [-0.05, 0) is 50.5 Å². The summed E-state index contributed by atoms with van der Waals surface area (Å²) in [7, 11) is 0. The van der Waals surface area contributed by atoms with Crippen molar-refractivity contribution < 1.29 is 4.79 Å². The highest BCUT2D eigenvalue weighted by atomic mass is 16.2. The van der Waals surface area contributed by atoms with E-state index in [4.69, 9.17) is 0 Å². The number of aromatic nitrogens is 3. The van der Waals surface area contributed by atoms with Crippen molar-refractivity contribution in [3.05, 3.63) is 71.2 Å². The van der Waals surface area contributed by atoms with Gasteiger partial charge in [-0.3, -0.25) is 10.1 Å². The Labute approximate surface area is 165 Å². The third-order valence-electron chi connectivity index (χ3n) is 5.36. The molecule has 28 heavy (non-hydrogen) atoms. The van der Waals surface area contributed by atoms with E-state index >= 15 is 0 Å². The highest BCUT2D eigenvalue weighted by Gasteiger charge is 2.32. The fourth-order valence-corrected chi connectivity index (χ4v) is 4.01. The molecule has 144 valence electrons. The standard InChI is InChI=1S/C22H25N5O/c1-15-21(16(2)26-25-15)20-10-6-12-27(20)22(28)24-14-17-7-5-8-18(13-17)19-9-3-4-11-23-19/h3-5,7-9,11,13,20H,6,10,12,14H2,1-2H3,(H,24,28)(H,25,26). The van der Waals surface area contributed by atoms with Gasteiger partial charge < -0.3 is 10.2 Å². The predicted octanol–water partition coefficient (Wildman–Crippen LogP) is 4.14. The number of carbonyl (C=O) groups is 1. The zero-order valence-corrected chi connectivity index (χ0v) is 16.3. The molecule has 1 atom stereocenters. The molecule has 1 unspecified atom stereocenters. The number of pyridine rings is 1. The molecule has 0 radical (unpaired) electrons. The molecule has 2 N–H and O–H groups in total. The van der Waals surface area contributed by atoms with Crippen LogP contribution in [0.4, 0.5) is 4.79 Å². The van der Waals surface area contributed by atoms with Crippen LogP contribution >= 0.6 is 0 Å². The van der Waals surface area contributed by atoms with E-state index in [0.29, 0.717) is 6.54 Å². The van der Waals surface area contributed by atoms with Crippen molar-refractivity contribution in [3.8, 4) is 11.3 Å². The Morgan fingerprint density at radius 3 is 2.89 bits per heavy atom. The first kappa shape index (κ1) is 18.2. The van der Waals surface area contributed by atoms with E-state index in [2.05, 4.69) is 26.6 Å². The van der Waals surface area contributed by atoms with E-state index in [0.717, 1.165) is 53.2 Å². The van der Waals surface area contributed by atoms with Crippen LogP contribution in [0.5, 0.6) is 0 Å². The zero-order valence-electron chi connectivity index (χ0n) is 16.3. The SMILES string of the molecule is Cc1n[nH]c(C)c1C1CCCN1C(=O)NCc1cccc(-c2ccccn2)c1. The Morgan fingerprint density at radius 1 is 1.25 bits per heavy atom. The summed E-state index contributed by atoms with van der Waals surface area (Å²) in [4.78, 5) is 19.2. The van der Waals surface area contributed by atoms with Crippen LogP contribution in [0.15, 0.2) is 48.7 Å². The molecule has 1 aliphatic heterocycles. The minimum absolute atomic E-state index is 0.0225. The van der Waals surface area contributed by atoms with E-state index in [9.17, 15) is 4.79 Å². The lowest BCUT2D eigenvalue weighted by molar-refractivity contribution is 0.192. The molecule has 4 rings (SSSR count). The smallest absolute Gasteiger partial charge is 0.318 e. The van der Waals surface area contributed by atoms with Crippen LogP contribution in [0, 0.1) is 13.8 Å². The maximum atomic E-state index is 12.9. The van der Waals surface area contributed by atoms with Gasteiger partial charge in [0.2, 0.25) is 0 Å². The topological polar surface area (TPSA) is 73.9 Å². The van der Waals surface area contributed by atoms with E-state index in [1.165, 1.54) is 0 Å². The Bertz CT molecular complexity index is 947. The van der Waals surface area contributed by atoms with Crippen molar-refractivity contribution >= 4 is 6.03 Å². The normalized spacial score (nSPS) is 16.4. The predicted molar refractivity (Wildman–Crippen MR) is 109 cm³/mol. The second-order valence-corrected chi connectivity index (χ2v) is 7.27. The number of aryl methyl sites for hydroxylation is 2. The number of rotatable bonds is 4. The second-order valence-electron chi connectivity index (χ2n) is 7.27. The van der Waals surface area contributed by atoms with Crippen LogP contribution in [0.25, 0.3) is 11.3 Å². The van der Waals surface area contributed by atoms with E-state index in [1.807, 2.05) is 55.1 Å². The van der Waals surface area contributed by atoms with Crippen molar-refractivity contribution in [1.29, 1.82) is 0 Å². The van der Waals surface area contributed by atoms with Gasteiger partial charge in [0.15, 0.2) is 0 Å². The summed E-state index contributed by atoms with van der Waals surface area (Å²) in [5.74, 6) is 0. The minimum atomic E-state index is -0.0225. The second kappa shape index (κ2) is 7.84. The lowest BCUT2D eigenvalue weighted by Crippen LogP contribution is -2.39. The average Bonchev–Trinajstić information content (AvgIpc) is 3.33. The van der Waals surface area contributed by atoms with Crippen molar-refractivity contribution in [2.75, 3.05) is 6.54 Å². The highest BCUT2D eigenvalue weighted by Crippen LogP contribution is 2.34. The number of likely N-dealkylation sites (tertiary alicyclic amines) is 1. The molecule has 0 bridgehead atoms. The van der Waals surface area contributed by atoms with Crippen LogP contribution in [-0.2, 0) is 6.54 Å². The molecule has 0 saturated carbocycles. The number of nitrogens with zero attached hydrogens (tertiary/aromatic N) is 3. The van der Waals surface area contributed by atoms with Crippen molar-refractivity contribution in [2.45, 2.75) is 39.3 Å². The van der Waals surface area contributed by atoms with E-state index in [1.54, 1.807) is 6.20 Å². The number of carbonyl (C=O) groups excluding carboxylic acids is 1. The number of amides is 2. The van der Waals surface area contributed by atoms with Gasteiger partial charge in [-0.15, -0.1) is 0 Å². The maximum Gasteiger partial charge on any atom is 0.318 e. The fraction of sp³-hybridized carbons (Fsp3) is 0.318. The molecule has 1 aliphatic rings. The summed E-state index contributed by atoms with van der Waals surface area (Å²) < 4.78 is 0. The van der Waals surface area contributed by atoms with Crippen molar-refractivity contribution in [1.82, 2.24) is 25.4 Å². The van der Waals surface area contributed by atoms with E-state index < -0.39 is 0 Å². The third-order valence-corrected chi connectivity index (χ3v) is 5.36. The molecule has 6 heteroatoms. The molecule has 1 aromatic carbocycles. The van der Waals surface area contributed by atoms with Crippen LogP contribution in [0.3, 0.4) is 0 Å². The number of nitrogens with one attached hydrogen (secondary N) is 2. The first-order valence-corrected chi connectivity index (χ1v) is 9.70. The quantitative estimate of drug-likeness (QED) is 0.720. The molecule has 3 aromatic rings. The Hall–Kier alpha value is -3.15. The van der Waals surface area contributed by atoms with Crippen LogP contribution in [-0.4, -0.2) is 32.7 Å². The Kier molecular flexibility index (Phi) is 5.10.